The Kier molecular flexibility index (Phi) is 4.59. The van der Waals surface area contributed by atoms with Crippen molar-refractivity contribution in [1.29, 1.82) is 0 Å². The van der Waals surface area contributed by atoms with Crippen LogP contribution in [0.1, 0.15) is 38.1 Å². The molecule has 1 aliphatic rings. The van der Waals surface area contributed by atoms with Gasteiger partial charge in [0.1, 0.15) is 0 Å². The molecule has 1 aliphatic carbocycles. The number of anilines is 1. The molecule has 1 fully saturated rings. The molecule has 2 rings (SSSR count). The summed E-state index contributed by atoms with van der Waals surface area (Å²) in [6, 6.07) is 0.598. The Hall–Kier alpha value is -0.840. The Morgan fingerprint density at radius 3 is 2.94 bits per heavy atom. The summed E-state index contributed by atoms with van der Waals surface area (Å²) in [7, 11) is -0.738. The number of hydrogen-bond acceptors (Lipinski definition) is 3. The molecule has 5 heteroatoms. The summed E-state index contributed by atoms with van der Waals surface area (Å²) in [5.41, 5.74) is 0. The van der Waals surface area contributed by atoms with Crippen LogP contribution in [0.4, 0.5) is 5.95 Å². The zero-order chi connectivity index (χ0) is 12.1. The van der Waals surface area contributed by atoms with Crippen LogP contribution in [0.25, 0.3) is 0 Å². The molecule has 0 saturated heterocycles. The third-order valence-corrected chi connectivity index (χ3v) is 4.09. The zero-order valence-electron chi connectivity index (χ0n) is 10.4. The Balaban J connectivity index is 1.93. The third kappa shape index (κ3) is 3.56. The van der Waals surface area contributed by atoms with E-state index in [0.717, 1.165) is 12.5 Å². The fourth-order valence-electron chi connectivity index (χ4n) is 2.41. The average molecular weight is 255 g/mol. The van der Waals surface area contributed by atoms with Gasteiger partial charge < -0.3 is 9.88 Å². The number of nitrogens with one attached hydrogen (secondary N) is 1. The van der Waals surface area contributed by atoms with Crippen LogP contribution in [-0.4, -0.2) is 32.3 Å². The van der Waals surface area contributed by atoms with Gasteiger partial charge in [0.15, 0.2) is 0 Å². The predicted octanol–water partition coefficient (Wildman–Crippen LogP) is 2.18. The van der Waals surface area contributed by atoms with Crippen LogP contribution in [0.5, 0.6) is 0 Å². The maximum absolute atomic E-state index is 11.0. The van der Waals surface area contributed by atoms with Crippen LogP contribution in [-0.2, 0) is 10.8 Å². The van der Waals surface area contributed by atoms with Gasteiger partial charge in [-0.15, -0.1) is 0 Å². The highest BCUT2D eigenvalue weighted by atomic mass is 32.2. The molecule has 1 atom stereocenters. The van der Waals surface area contributed by atoms with E-state index in [1.165, 1.54) is 32.1 Å². The molecule has 0 aliphatic heterocycles. The van der Waals surface area contributed by atoms with E-state index >= 15 is 0 Å². The smallest absolute Gasteiger partial charge is 0.203 e. The Morgan fingerprint density at radius 1 is 1.47 bits per heavy atom. The summed E-state index contributed by atoms with van der Waals surface area (Å²) in [5, 5.41) is 3.28. The van der Waals surface area contributed by atoms with Crippen molar-refractivity contribution in [1.82, 2.24) is 9.55 Å². The van der Waals surface area contributed by atoms with Crippen molar-refractivity contribution >= 4 is 16.7 Å². The second-order valence-corrected chi connectivity index (χ2v) is 6.21. The Labute approximate surface area is 105 Å². The molecule has 0 spiro atoms. The lowest BCUT2D eigenvalue weighted by molar-refractivity contribution is 0.356. The van der Waals surface area contributed by atoms with E-state index in [0.29, 0.717) is 11.8 Å². The van der Waals surface area contributed by atoms with Crippen molar-refractivity contribution in [3.8, 4) is 0 Å². The lowest BCUT2D eigenvalue weighted by Crippen LogP contribution is -2.18. The third-order valence-electron chi connectivity index (χ3n) is 3.31. The van der Waals surface area contributed by atoms with E-state index in [-0.39, 0.29) is 0 Å². The first-order valence-corrected chi connectivity index (χ1v) is 8.07. The first-order valence-electron chi connectivity index (χ1n) is 6.34. The summed E-state index contributed by atoms with van der Waals surface area (Å²) in [6.07, 6.45) is 12.1. The summed E-state index contributed by atoms with van der Waals surface area (Å²) in [6.45, 7) is 0.729. The first-order chi connectivity index (χ1) is 8.27. The monoisotopic (exact) mass is 255 g/mol. The number of nitrogens with zero attached hydrogens (tertiary/aromatic N) is 2. The summed E-state index contributed by atoms with van der Waals surface area (Å²) >= 11 is 0. The quantitative estimate of drug-likeness (QED) is 0.877. The second kappa shape index (κ2) is 6.19. The number of rotatable bonds is 5. The maximum atomic E-state index is 11.0. The van der Waals surface area contributed by atoms with Gasteiger partial charge in [-0.05, 0) is 12.8 Å². The average Bonchev–Trinajstić information content (AvgIpc) is 2.78. The van der Waals surface area contributed by atoms with E-state index in [2.05, 4.69) is 21.1 Å². The minimum absolute atomic E-state index is 0.598. The standard InChI is InChI=1S/C12H21N3OS/c1-17(16)10-8-14-12-13-7-9-15(12)11-5-3-2-4-6-11/h7,9,11H,2-6,8,10H2,1H3,(H,13,14). The van der Waals surface area contributed by atoms with Crippen LogP contribution in [0.15, 0.2) is 12.4 Å². The number of imidazole rings is 1. The lowest BCUT2D eigenvalue weighted by atomic mass is 9.95. The van der Waals surface area contributed by atoms with E-state index in [4.69, 9.17) is 0 Å². The molecule has 1 heterocycles. The zero-order valence-corrected chi connectivity index (χ0v) is 11.2. The van der Waals surface area contributed by atoms with Crippen LogP contribution < -0.4 is 5.32 Å². The van der Waals surface area contributed by atoms with Crippen molar-refractivity contribution in [3.63, 3.8) is 0 Å². The molecule has 4 nitrogen and oxygen atoms in total. The molecule has 17 heavy (non-hydrogen) atoms. The van der Waals surface area contributed by atoms with Crippen LogP contribution in [0, 0.1) is 0 Å². The van der Waals surface area contributed by atoms with E-state index in [9.17, 15) is 4.21 Å². The molecule has 0 aromatic carbocycles. The molecule has 1 unspecified atom stereocenters. The Morgan fingerprint density at radius 2 is 2.24 bits per heavy atom. The normalized spacial score (nSPS) is 19.1. The largest absolute Gasteiger partial charge is 0.355 e. The highest BCUT2D eigenvalue weighted by molar-refractivity contribution is 7.84. The van der Waals surface area contributed by atoms with Gasteiger partial charge in [0.05, 0.1) is 0 Å². The Bertz CT molecular complexity index is 372. The van der Waals surface area contributed by atoms with Gasteiger partial charge in [-0.25, -0.2) is 4.98 Å². The topological polar surface area (TPSA) is 46.9 Å². The molecule has 1 aromatic rings. The van der Waals surface area contributed by atoms with Gasteiger partial charge in [-0.1, -0.05) is 19.3 Å². The van der Waals surface area contributed by atoms with Gasteiger partial charge in [-0.3, -0.25) is 4.21 Å². The van der Waals surface area contributed by atoms with Gasteiger partial charge in [0.25, 0.3) is 0 Å². The van der Waals surface area contributed by atoms with Crippen LogP contribution in [0.3, 0.4) is 0 Å². The minimum atomic E-state index is -0.738. The predicted molar refractivity (Wildman–Crippen MR) is 71.8 cm³/mol. The highest BCUT2D eigenvalue weighted by Gasteiger charge is 2.17. The van der Waals surface area contributed by atoms with Gasteiger partial charge in [0, 0.05) is 47.8 Å². The van der Waals surface area contributed by atoms with Crippen molar-refractivity contribution in [2.75, 3.05) is 23.9 Å². The van der Waals surface area contributed by atoms with Gasteiger partial charge in [0.2, 0.25) is 5.95 Å². The maximum Gasteiger partial charge on any atom is 0.203 e. The first kappa shape index (κ1) is 12.6. The second-order valence-electron chi connectivity index (χ2n) is 4.65. The lowest BCUT2D eigenvalue weighted by Gasteiger charge is -2.24. The summed E-state index contributed by atoms with van der Waals surface area (Å²) in [5.74, 6) is 1.61. The van der Waals surface area contributed by atoms with Gasteiger partial charge >= 0.3 is 0 Å². The summed E-state index contributed by atoms with van der Waals surface area (Å²) < 4.78 is 13.3. The van der Waals surface area contributed by atoms with Crippen molar-refractivity contribution in [2.45, 2.75) is 38.1 Å². The molecular weight excluding hydrogens is 234 g/mol. The van der Waals surface area contributed by atoms with Crippen LogP contribution >= 0.6 is 0 Å². The van der Waals surface area contributed by atoms with E-state index in [1.54, 1.807) is 6.26 Å². The highest BCUT2D eigenvalue weighted by Crippen LogP contribution is 2.29. The fraction of sp³-hybridized carbons (Fsp3) is 0.750. The molecule has 0 amide bonds. The van der Waals surface area contributed by atoms with Crippen molar-refractivity contribution < 1.29 is 4.21 Å². The number of hydrogen-bond donors (Lipinski definition) is 1. The summed E-state index contributed by atoms with van der Waals surface area (Å²) in [4.78, 5) is 4.34. The van der Waals surface area contributed by atoms with E-state index in [1.807, 2.05) is 6.20 Å². The molecule has 0 bridgehead atoms. The minimum Gasteiger partial charge on any atom is -0.355 e. The molecular formula is C12H21N3OS. The SMILES string of the molecule is CS(=O)CCNc1nccn1C1CCCCC1. The van der Waals surface area contributed by atoms with Crippen molar-refractivity contribution in [3.05, 3.63) is 12.4 Å². The van der Waals surface area contributed by atoms with Gasteiger partial charge in [-0.2, -0.15) is 0 Å². The molecule has 1 aromatic heterocycles. The molecule has 0 radical (unpaired) electrons. The molecule has 1 saturated carbocycles. The number of aromatic nitrogens is 2. The molecule has 96 valence electrons. The van der Waals surface area contributed by atoms with E-state index < -0.39 is 10.8 Å². The molecule has 1 N–H and O–H groups in total. The fourth-order valence-corrected chi connectivity index (χ4v) is 2.80. The van der Waals surface area contributed by atoms with Crippen molar-refractivity contribution in [2.24, 2.45) is 0 Å². The van der Waals surface area contributed by atoms with Crippen LogP contribution in [0.2, 0.25) is 0 Å².